The molecule has 1 aromatic rings. The molecule has 6 nitrogen and oxygen atoms in total. The van der Waals surface area contributed by atoms with Crippen molar-refractivity contribution in [2.24, 2.45) is 0 Å². The molecule has 0 N–H and O–H groups in total. The lowest BCUT2D eigenvalue weighted by Crippen LogP contribution is -2.19. The Kier molecular flexibility index (Phi) is 9.68. The number of carbonyl (C=O) groups is 1. The summed E-state index contributed by atoms with van der Waals surface area (Å²) < 4.78 is 28.8. The maximum atomic E-state index is 12.4. The van der Waals surface area contributed by atoms with E-state index in [4.69, 9.17) is 23.7 Å². The van der Waals surface area contributed by atoms with Crippen molar-refractivity contribution in [1.82, 2.24) is 0 Å². The van der Waals surface area contributed by atoms with Crippen molar-refractivity contribution in [3.8, 4) is 23.0 Å². The smallest absolute Gasteiger partial charge is 0.331 e. The molecule has 2 rings (SSSR count). The standard InChI is InChI=1S/C23H34O6/c1-5-25-19-16-20(26-6-2)23(28-8-4)22(27-7-3)18(19)14-15-21(24)29-17-12-10-9-11-13-17/h14-17H,5-13H2,1-4H3. The van der Waals surface area contributed by atoms with Gasteiger partial charge in [-0.3, -0.25) is 0 Å². The van der Waals surface area contributed by atoms with Gasteiger partial charge in [0.1, 0.15) is 11.9 Å². The van der Waals surface area contributed by atoms with Crippen molar-refractivity contribution in [2.75, 3.05) is 26.4 Å². The van der Waals surface area contributed by atoms with Gasteiger partial charge in [-0.1, -0.05) is 6.42 Å². The van der Waals surface area contributed by atoms with E-state index in [1.165, 1.54) is 12.5 Å². The number of carbonyl (C=O) groups excluding carboxylic acids is 1. The van der Waals surface area contributed by atoms with Crippen LogP contribution in [0.3, 0.4) is 0 Å². The SMILES string of the molecule is CCOc1cc(OCC)c(OCC)c(OCC)c1C=CC(=O)OC1CCCCC1. The topological polar surface area (TPSA) is 63.2 Å². The second kappa shape index (κ2) is 12.2. The molecule has 1 saturated carbocycles. The normalized spacial score (nSPS) is 14.6. The highest BCUT2D eigenvalue weighted by Crippen LogP contribution is 2.46. The Morgan fingerprint density at radius 3 is 2.07 bits per heavy atom. The van der Waals surface area contributed by atoms with Gasteiger partial charge in [-0.25, -0.2) is 4.79 Å². The van der Waals surface area contributed by atoms with Crippen LogP contribution in [0.2, 0.25) is 0 Å². The van der Waals surface area contributed by atoms with E-state index in [1.807, 2.05) is 27.7 Å². The molecule has 162 valence electrons. The van der Waals surface area contributed by atoms with Crippen LogP contribution in [-0.4, -0.2) is 38.5 Å². The fourth-order valence-corrected chi connectivity index (χ4v) is 3.41. The van der Waals surface area contributed by atoms with Gasteiger partial charge in [-0.15, -0.1) is 0 Å². The first-order chi connectivity index (χ1) is 14.1. The van der Waals surface area contributed by atoms with Crippen molar-refractivity contribution >= 4 is 12.0 Å². The molecule has 0 unspecified atom stereocenters. The maximum Gasteiger partial charge on any atom is 0.331 e. The van der Waals surface area contributed by atoms with Gasteiger partial charge in [0.15, 0.2) is 11.5 Å². The van der Waals surface area contributed by atoms with E-state index in [1.54, 1.807) is 12.1 Å². The number of hydrogen-bond acceptors (Lipinski definition) is 6. The lowest BCUT2D eigenvalue weighted by Gasteiger charge is -2.21. The molecule has 0 spiro atoms. The maximum absolute atomic E-state index is 12.4. The second-order valence-corrected chi connectivity index (χ2v) is 6.71. The van der Waals surface area contributed by atoms with Crippen LogP contribution in [0, 0.1) is 0 Å². The lowest BCUT2D eigenvalue weighted by atomic mass is 9.98. The van der Waals surface area contributed by atoms with E-state index in [9.17, 15) is 4.79 Å². The van der Waals surface area contributed by atoms with Crippen LogP contribution in [0.15, 0.2) is 12.1 Å². The largest absolute Gasteiger partial charge is 0.493 e. The van der Waals surface area contributed by atoms with E-state index < -0.39 is 0 Å². The van der Waals surface area contributed by atoms with E-state index in [2.05, 4.69) is 0 Å². The van der Waals surface area contributed by atoms with Crippen molar-refractivity contribution in [3.63, 3.8) is 0 Å². The van der Waals surface area contributed by atoms with Gasteiger partial charge < -0.3 is 23.7 Å². The molecular weight excluding hydrogens is 372 g/mol. The van der Waals surface area contributed by atoms with Crippen LogP contribution in [-0.2, 0) is 9.53 Å². The second-order valence-electron chi connectivity index (χ2n) is 6.71. The third kappa shape index (κ3) is 6.58. The Balaban J connectivity index is 2.37. The number of hydrogen-bond donors (Lipinski definition) is 0. The number of rotatable bonds is 11. The minimum absolute atomic E-state index is 0.0120. The van der Waals surface area contributed by atoms with Crippen LogP contribution in [0.5, 0.6) is 23.0 Å². The third-order valence-corrected chi connectivity index (χ3v) is 4.60. The van der Waals surface area contributed by atoms with Gasteiger partial charge in [0.05, 0.1) is 32.0 Å². The first kappa shape index (κ1) is 22.9. The summed E-state index contributed by atoms with van der Waals surface area (Å²) in [7, 11) is 0. The molecule has 29 heavy (non-hydrogen) atoms. The van der Waals surface area contributed by atoms with Gasteiger partial charge in [0.25, 0.3) is 0 Å². The number of ether oxygens (including phenoxy) is 5. The molecule has 0 aromatic heterocycles. The number of esters is 1. The van der Waals surface area contributed by atoms with Crippen LogP contribution < -0.4 is 18.9 Å². The average Bonchev–Trinajstić information content (AvgIpc) is 2.71. The van der Waals surface area contributed by atoms with Gasteiger partial charge in [-0.2, -0.15) is 0 Å². The summed E-state index contributed by atoms with van der Waals surface area (Å²) in [6.07, 6.45) is 8.44. The van der Waals surface area contributed by atoms with Gasteiger partial charge in [0.2, 0.25) is 5.75 Å². The third-order valence-electron chi connectivity index (χ3n) is 4.60. The minimum atomic E-state index is -0.353. The quantitative estimate of drug-likeness (QED) is 0.373. The minimum Gasteiger partial charge on any atom is -0.493 e. The Labute approximate surface area is 174 Å². The van der Waals surface area contributed by atoms with Crippen molar-refractivity contribution < 1.29 is 28.5 Å². The molecule has 1 aliphatic carbocycles. The molecule has 0 radical (unpaired) electrons. The highest BCUT2D eigenvalue weighted by molar-refractivity contribution is 5.89. The molecule has 0 amide bonds. The fourth-order valence-electron chi connectivity index (χ4n) is 3.41. The summed E-state index contributed by atoms with van der Waals surface area (Å²) in [5, 5.41) is 0. The molecule has 6 heteroatoms. The van der Waals surface area contributed by atoms with E-state index in [-0.39, 0.29) is 12.1 Å². The summed E-state index contributed by atoms with van der Waals surface area (Å²) in [6.45, 7) is 9.47. The molecule has 1 aliphatic rings. The molecular formula is C23H34O6. The highest BCUT2D eigenvalue weighted by atomic mass is 16.5. The predicted octanol–water partition coefficient (Wildman–Crippen LogP) is 5.17. The summed E-state index contributed by atoms with van der Waals surface area (Å²) in [4.78, 5) is 12.4. The summed E-state index contributed by atoms with van der Waals surface area (Å²) in [5.41, 5.74) is 0.640. The van der Waals surface area contributed by atoms with E-state index in [0.29, 0.717) is 55.0 Å². The molecule has 0 atom stereocenters. The molecule has 1 fully saturated rings. The number of benzene rings is 1. The molecule has 0 bridgehead atoms. The van der Waals surface area contributed by atoms with Gasteiger partial charge in [-0.05, 0) is 59.5 Å². The summed E-state index contributed by atoms with van der Waals surface area (Å²) >= 11 is 0. The molecule has 0 aliphatic heterocycles. The zero-order valence-electron chi connectivity index (χ0n) is 18.1. The molecule has 1 aromatic carbocycles. The van der Waals surface area contributed by atoms with E-state index in [0.717, 1.165) is 25.7 Å². The first-order valence-corrected chi connectivity index (χ1v) is 10.7. The van der Waals surface area contributed by atoms with Crippen molar-refractivity contribution in [1.29, 1.82) is 0 Å². The highest BCUT2D eigenvalue weighted by Gasteiger charge is 2.22. The van der Waals surface area contributed by atoms with Gasteiger partial charge in [0, 0.05) is 12.1 Å². The summed E-state index contributed by atoms with van der Waals surface area (Å²) in [6, 6.07) is 1.78. The van der Waals surface area contributed by atoms with Crippen LogP contribution in [0.25, 0.3) is 6.08 Å². The zero-order chi connectivity index (χ0) is 21.1. The Hall–Kier alpha value is -2.37. The van der Waals surface area contributed by atoms with E-state index >= 15 is 0 Å². The first-order valence-electron chi connectivity index (χ1n) is 10.7. The Morgan fingerprint density at radius 2 is 1.45 bits per heavy atom. The monoisotopic (exact) mass is 406 g/mol. The zero-order valence-corrected chi connectivity index (χ0v) is 18.1. The van der Waals surface area contributed by atoms with Crippen LogP contribution in [0.1, 0.15) is 65.4 Å². The van der Waals surface area contributed by atoms with Crippen LogP contribution in [0.4, 0.5) is 0 Å². The predicted molar refractivity (Wildman–Crippen MR) is 113 cm³/mol. The average molecular weight is 407 g/mol. The fraction of sp³-hybridized carbons (Fsp3) is 0.609. The van der Waals surface area contributed by atoms with Gasteiger partial charge >= 0.3 is 5.97 Å². The van der Waals surface area contributed by atoms with Crippen molar-refractivity contribution in [2.45, 2.75) is 65.9 Å². The molecule has 0 saturated heterocycles. The Morgan fingerprint density at radius 1 is 0.862 bits per heavy atom. The van der Waals surface area contributed by atoms with Crippen LogP contribution >= 0.6 is 0 Å². The van der Waals surface area contributed by atoms with Crippen molar-refractivity contribution in [3.05, 3.63) is 17.7 Å². The lowest BCUT2D eigenvalue weighted by molar-refractivity contribution is -0.144. The summed E-state index contributed by atoms with van der Waals surface area (Å²) in [5.74, 6) is 1.80. The Bertz CT molecular complexity index is 676. The molecule has 0 heterocycles.